The van der Waals surface area contributed by atoms with Gasteiger partial charge in [-0.2, -0.15) is 0 Å². The fraction of sp³-hybridized carbons (Fsp3) is 0.429. The number of anilines is 2. The van der Waals surface area contributed by atoms with Crippen molar-refractivity contribution in [2.45, 2.75) is 43.9 Å². The maximum Gasteiger partial charge on any atom is 0.241 e. The van der Waals surface area contributed by atoms with Gasteiger partial charge in [0.2, 0.25) is 5.91 Å². The highest BCUT2D eigenvalue weighted by molar-refractivity contribution is 6.76. The number of nitrogens with two attached hydrogens (primary N) is 1. The van der Waals surface area contributed by atoms with Gasteiger partial charge in [0, 0.05) is 32.1 Å². The Morgan fingerprint density at radius 3 is 2.78 bits per heavy atom. The Bertz CT molecular complexity index is 893. The van der Waals surface area contributed by atoms with Crippen LogP contribution in [0.3, 0.4) is 0 Å². The monoisotopic (exact) mass is 381 g/mol. The number of pyridine rings is 1. The van der Waals surface area contributed by atoms with E-state index in [4.69, 9.17) is 10.5 Å². The quantitative estimate of drug-likeness (QED) is 0.490. The fourth-order valence-corrected chi connectivity index (χ4v) is 4.90. The highest BCUT2D eigenvalue weighted by Gasteiger charge is 2.54. The molecular weight excluding hydrogens is 354 g/mol. The third-order valence-corrected chi connectivity index (χ3v) is 7.35. The SMILES string of the molecule is C[Si](C)(C)CCOCN1C(=O)C2(Cc3ccc(N)cc3C2)c2cccnc21. The lowest BCUT2D eigenvalue weighted by Gasteiger charge is -2.23. The summed E-state index contributed by atoms with van der Waals surface area (Å²) in [7, 11) is -1.16. The molecule has 5 nitrogen and oxygen atoms in total. The second-order valence-corrected chi connectivity index (χ2v) is 14.5. The number of carbonyl (C=O) groups is 1. The summed E-state index contributed by atoms with van der Waals surface area (Å²) < 4.78 is 5.90. The Morgan fingerprint density at radius 1 is 1.22 bits per heavy atom. The van der Waals surface area contributed by atoms with Crippen LogP contribution in [0, 0.1) is 0 Å². The lowest BCUT2D eigenvalue weighted by molar-refractivity contribution is -0.124. The van der Waals surface area contributed by atoms with E-state index in [2.05, 4.69) is 30.7 Å². The molecule has 1 spiro atoms. The molecule has 6 heteroatoms. The van der Waals surface area contributed by atoms with Gasteiger partial charge >= 0.3 is 0 Å². The topological polar surface area (TPSA) is 68.5 Å². The molecule has 2 N–H and O–H groups in total. The summed E-state index contributed by atoms with van der Waals surface area (Å²) in [6.07, 6.45) is 3.13. The summed E-state index contributed by atoms with van der Waals surface area (Å²) >= 11 is 0. The van der Waals surface area contributed by atoms with Gasteiger partial charge in [-0.05, 0) is 48.2 Å². The predicted molar refractivity (Wildman–Crippen MR) is 111 cm³/mol. The maximum atomic E-state index is 13.5. The van der Waals surface area contributed by atoms with Gasteiger partial charge in [0.1, 0.15) is 12.5 Å². The summed E-state index contributed by atoms with van der Waals surface area (Å²) in [5, 5.41) is 0. The zero-order chi connectivity index (χ0) is 19.2. The molecule has 27 heavy (non-hydrogen) atoms. The molecule has 1 atom stereocenters. The fourth-order valence-electron chi connectivity index (χ4n) is 4.15. The minimum atomic E-state index is -1.16. The summed E-state index contributed by atoms with van der Waals surface area (Å²) in [5.74, 6) is 0.843. The van der Waals surface area contributed by atoms with E-state index in [1.807, 2.05) is 24.3 Å². The molecule has 0 saturated carbocycles. The van der Waals surface area contributed by atoms with Crippen LogP contribution < -0.4 is 10.6 Å². The molecule has 1 aliphatic carbocycles. The molecule has 142 valence electrons. The number of amides is 1. The molecule has 2 aliphatic rings. The molecule has 0 saturated heterocycles. The first-order valence-electron chi connectivity index (χ1n) is 9.53. The molecule has 1 aromatic heterocycles. The van der Waals surface area contributed by atoms with Gasteiger partial charge in [0.05, 0.1) is 5.41 Å². The number of nitrogens with zero attached hydrogens (tertiary/aromatic N) is 2. The number of carbonyl (C=O) groups excluding carboxylic acids is 1. The molecule has 0 fully saturated rings. The largest absolute Gasteiger partial charge is 0.399 e. The van der Waals surface area contributed by atoms with E-state index in [-0.39, 0.29) is 12.6 Å². The average molecular weight is 382 g/mol. The summed E-state index contributed by atoms with van der Waals surface area (Å²) in [6, 6.07) is 11.0. The van der Waals surface area contributed by atoms with E-state index < -0.39 is 13.5 Å². The highest BCUT2D eigenvalue weighted by atomic mass is 28.3. The molecular formula is C21H27N3O2Si. The Kier molecular flexibility index (Phi) is 4.35. The second-order valence-electron chi connectivity index (χ2n) is 8.92. The van der Waals surface area contributed by atoms with E-state index in [1.54, 1.807) is 11.1 Å². The number of ether oxygens (including phenoxy) is 1. The van der Waals surface area contributed by atoms with E-state index in [1.165, 1.54) is 11.1 Å². The molecule has 2 aromatic rings. The van der Waals surface area contributed by atoms with Crippen molar-refractivity contribution in [3.63, 3.8) is 0 Å². The van der Waals surface area contributed by atoms with Gasteiger partial charge in [0.25, 0.3) is 0 Å². The smallest absolute Gasteiger partial charge is 0.241 e. The van der Waals surface area contributed by atoms with Crippen molar-refractivity contribution in [1.29, 1.82) is 0 Å². The van der Waals surface area contributed by atoms with Crippen molar-refractivity contribution in [3.05, 3.63) is 53.2 Å². The first-order chi connectivity index (χ1) is 12.8. The number of aromatic nitrogens is 1. The normalized spacial score (nSPS) is 21.0. The molecule has 1 aliphatic heterocycles. The molecule has 1 amide bonds. The Hall–Kier alpha value is -2.18. The van der Waals surface area contributed by atoms with Gasteiger partial charge in [-0.3, -0.25) is 9.69 Å². The van der Waals surface area contributed by atoms with Gasteiger partial charge in [-0.25, -0.2) is 4.98 Å². The van der Waals surface area contributed by atoms with E-state index in [9.17, 15) is 4.79 Å². The van der Waals surface area contributed by atoms with Gasteiger partial charge in [-0.1, -0.05) is 31.8 Å². The van der Waals surface area contributed by atoms with Crippen LogP contribution >= 0.6 is 0 Å². The minimum absolute atomic E-state index is 0.0963. The number of hydrogen-bond donors (Lipinski definition) is 1. The Labute approximate surface area is 161 Å². The van der Waals surface area contributed by atoms with Crippen LogP contribution in [0.15, 0.2) is 36.5 Å². The minimum Gasteiger partial charge on any atom is -0.399 e. The molecule has 0 bridgehead atoms. The van der Waals surface area contributed by atoms with E-state index in [0.717, 1.165) is 23.1 Å². The van der Waals surface area contributed by atoms with Crippen LogP contribution in [0.4, 0.5) is 11.5 Å². The molecule has 2 heterocycles. The summed E-state index contributed by atoms with van der Waals surface area (Å²) in [6.45, 7) is 7.93. The second kappa shape index (κ2) is 6.46. The highest BCUT2D eigenvalue weighted by Crippen LogP contribution is 2.49. The van der Waals surface area contributed by atoms with Crippen molar-refractivity contribution in [2.75, 3.05) is 24.0 Å². The number of hydrogen-bond acceptors (Lipinski definition) is 4. The number of nitrogen functional groups attached to an aromatic ring is 1. The van der Waals surface area contributed by atoms with Gasteiger partial charge in [0.15, 0.2) is 0 Å². The van der Waals surface area contributed by atoms with Crippen LogP contribution in [0.25, 0.3) is 0 Å². The average Bonchev–Trinajstić information content (AvgIpc) is 3.09. The number of fused-ring (bicyclic) bond motifs is 3. The van der Waals surface area contributed by atoms with Crippen LogP contribution in [0.2, 0.25) is 25.7 Å². The van der Waals surface area contributed by atoms with Crippen molar-refractivity contribution in [3.8, 4) is 0 Å². The Morgan fingerprint density at radius 2 is 2.00 bits per heavy atom. The van der Waals surface area contributed by atoms with Crippen molar-refractivity contribution in [1.82, 2.24) is 4.98 Å². The van der Waals surface area contributed by atoms with Crippen molar-refractivity contribution in [2.24, 2.45) is 0 Å². The summed E-state index contributed by atoms with van der Waals surface area (Å²) in [5.41, 5.74) is 9.52. The first-order valence-corrected chi connectivity index (χ1v) is 13.2. The molecule has 1 aromatic carbocycles. The van der Waals surface area contributed by atoms with Crippen LogP contribution in [0.1, 0.15) is 16.7 Å². The van der Waals surface area contributed by atoms with Crippen molar-refractivity contribution < 1.29 is 9.53 Å². The van der Waals surface area contributed by atoms with Gasteiger partial charge < -0.3 is 10.5 Å². The zero-order valence-electron chi connectivity index (χ0n) is 16.3. The van der Waals surface area contributed by atoms with E-state index in [0.29, 0.717) is 19.4 Å². The lowest BCUT2D eigenvalue weighted by atomic mass is 9.79. The van der Waals surface area contributed by atoms with Gasteiger partial charge in [-0.15, -0.1) is 0 Å². The third kappa shape index (κ3) is 3.17. The lowest BCUT2D eigenvalue weighted by Crippen LogP contribution is -2.42. The number of benzene rings is 1. The third-order valence-electron chi connectivity index (χ3n) is 5.64. The van der Waals surface area contributed by atoms with Crippen LogP contribution in [-0.2, 0) is 27.8 Å². The zero-order valence-corrected chi connectivity index (χ0v) is 17.3. The first kappa shape index (κ1) is 18.2. The number of rotatable bonds is 5. The van der Waals surface area contributed by atoms with E-state index >= 15 is 0 Å². The molecule has 0 radical (unpaired) electrons. The van der Waals surface area contributed by atoms with Crippen molar-refractivity contribution >= 4 is 25.5 Å². The summed E-state index contributed by atoms with van der Waals surface area (Å²) in [4.78, 5) is 19.8. The predicted octanol–water partition coefficient (Wildman–Crippen LogP) is 3.36. The molecule has 4 rings (SSSR count). The Balaban J connectivity index is 1.60. The molecule has 1 unspecified atom stereocenters. The standard InChI is InChI=1S/C21H27N3O2Si/c1-27(2,3)10-9-26-14-24-19-18(5-4-8-23-19)21(20(24)25)12-15-6-7-17(22)11-16(15)13-21/h4-8,11H,9-10,12-14,22H2,1-3H3. The van der Waals surface area contributed by atoms with Crippen LogP contribution in [-0.4, -0.2) is 32.3 Å². The maximum absolute atomic E-state index is 13.5. The van der Waals surface area contributed by atoms with Crippen LogP contribution in [0.5, 0.6) is 0 Å².